The van der Waals surface area contributed by atoms with Gasteiger partial charge in [-0.1, -0.05) is 30.7 Å². The first-order valence-electron chi connectivity index (χ1n) is 8.18. The molecule has 0 aromatic heterocycles. The summed E-state index contributed by atoms with van der Waals surface area (Å²) in [7, 11) is 1.64. The molecule has 0 aliphatic heterocycles. The number of fused-ring (bicyclic) bond motifs is 1. The Morgan fingerprint density at radius 1 is 1.30 bits per heavy atom. The number of hydrogen-bond donors (Lipinski definition) is 2. The lowest BCUT2D eigenvalue weighted by atomic mass is 10.0. The zero-order valence-corrected chi connectivity index (χ0v) is 13.4. The van der Waals surface area contributed by atoms with E-state index in [0.29, 0.717) is 13.0 Å². The van der Waals surface area contributed by atoms with Gasteiger partial charge in [0, 0.05) is 12.5 Å². The first-order chi connectivity index (χ1) is 11.2. The molecule has 1 fully saturated rings. The fourth-order valence-corrected chi connectivity index (χ4v) is 3.33. The maximum absolute atomic E-state index is 12.3. The highest BCUT2D eigenvalue weighted by Crippen LogP contribution is 2.26. The first-order valence-corrected chi connectivity index (χ1v) is 8.18. The van der Waals surface area contributed by atoms with Gasteiger partial charge in [0.25, 0.3) is 0 Å². The Kier molecular flexibility index (Phi) is 4.82. The average Bonchev–Trinajstić information content (AvgIpc) is 2.98. The number of nitrogens with one attached hydrogen (secondary N) is 1. The molecule has 0 saturated heterocycles. The summed E-state index contributed by atoms with van der Waals surface area (Å²) >= 11 is 0. The second-order valence-electron chi connectivity index (χ2n) is 6.24. The number of amides is 1. The van der Waals surface area contributed by atoms with Gasteiger partial charge in [-0.2, -0.15) is 0 Å². The van der Waals surface area contributed by atoms with Gasteiger partial charge in [-0.05, 0) is 41.3 Å². The number of methoxy groups -OCH3 is 1. The van der Waals surface area contributed by atoms with Crippen LogP contribution < -0.4 is 10.1 Å². The van der Waals surface area contributed by atoms with E-state index in [-0.39, 0.29) is 17.9 Å². The molecular weight excluding hydrogens is 290 g/mol. The third-order valence-corrected chi connectivity index (χ3v) is 4.71. The van der Waals surface area contributed by atoms with Crippen molar-refractivity contribution in [1.29, 1.82) is 0 Å². The second kappa shape index (κ2) is 7.01. The van der Waals surface area contributed by atoms with Crippen molar-refractivity contribution in [2.75, 3.05) is 13.7 Å². The van der Waals surface area contributed by atoms with E-state index in [9.17, 15) is 9.90 Å². The second-order valence-corrected chi connectivity index (χ2v) is 6.24. The summed E-state index contributed by atoms with van der Waals surface area (Å²) in [6.07, 6.45) is 2.96. The largest absolute Gasteiger partial charge is 0.497 e. The van der Waals surface area contributed by atoms with Crippen molar-refractivity contribution in [1.82, 2.24) is 5.32 Å². The van der Waals surface area contributed by atoms with E-state index in [1.54, 1.807) is 7.11 Å². The van der Waals surface area contributed by atoms with Crippen LogP contribution in [0.4, 0.5) is 0 Å². The molecule has 1 amide bonds. The number of benzene rings is 2. The van der Waals surface area contributed by atoms with E-state index in [1.807, 2.05) is 36.4 Å². The summed E-state index contributed by atoms with van der Waals surface area (Å²) < 4.78 is 5.28. The molecule has 1 aliphatic carbocycles. The van der Waals surface area contributed by atoms with Crippen LogP contribution in [0.15, 0.2) is 36.4 Å². The van der Waals surface area contributed by atoms with Gasteiger partial charge in [-0.3, -0.25) is 4.79 Å². The number of hydrogen-bond acceptors (Lipinski definition) is 3. The number of ether oxygens (including phenoxy) is 1. The molecular formula is C19H23NO3. The predicted molar refractivity (Wildman–Crippen MR) is 90.6 cm³/mol. The highest BCUT2D eigenvalue weighted by molar-refractivity contribution is 5.91. The molecule has 0 radical (unpaired) electrons. The fraction of sp³-hybridized carbons (Fsp3) is 0.421. The third kappa shape index (κ3) is 3.64. The summed E-state index contributed by atoms with van der Waals surface area (Å²) in [6, 6.07) is 11.9. The summed E-state index contributed by atoms with van der Waals surface area (Å²) in [6.45, 7) is 0.564. The Hall–Kier alpha value is -2.07. The van der Waals surface area contributed by atoms with Crippen LogP contribution in [-0.4, -0.2) is 30.8 Å². The van der Waals surface area contributed by atoms with Crippen molar-refractivity contribution < 1.29 is 14.6 Å². The quantitative estimate of drug-likeness (QED) is 0.892. The van der Waals surface area contributed by atoms with Crippen molar-refractivity contribution in [3.05, 3.63) is 42.0 Å². The lowest BCUT2D eigenvalue weighted by Gasteiger charge is -2.15. The zero-order valence-electron chi connectivity index (χ0n) is 13.4. The molecule has 2 unspecified atom stereocenters. The molecule has 0 spiro atoms. The van der Waals surface area contributed by atoms with Gasteiger partial charge in [0.2, 0.25) is 5.91 Å². The van der Waals surface area contributed by atoms with Crippen LogP contribution in [-0.2, 0) is 11.2 Å². The van der Waals surface area contributed by atoms with E-state index in [2.05, 4.69) is 5.32 Å². The maximum atomic E-state index is 12.3. The predicted octanol–water partition coefficient (Wildman–Crippen LogP) is 2.67. The highest BCUT2D eigenvalue weighted by atomic mass is 16.5. The molecule has 4 heteroatoms. The van der Waals surface area contributed by atoms with Crippen LogP contribution in [0.25, 0.3) is 10.8 Å². The van der Waals surface area contributed by atoms with Crippen LogP contribution in [0.2, 0.25) is 0 Å². The third-order valence-electron chi connectivity index (χ3n) is 4.71. The number of carbonyl (C=O) groups is 1. The fourth-order valence-electron chi connectivity index (χ4n) is 3.33. The Morgan fingerprint density at radius 2 is 2.17 bits per heavy atom. The molecule has 4 nitrogen and oxygen atoms in total. The zero-order chi connectivity index (χ0) is 16.2. The molecule has 1 saturated carbocycles. The van der Waals surface area contributed by atoms with Crippen molar-refractivity contribution in [2.45, 2.75) is 31.8 Å². The van der Waals surface area contributed by atoms with Crippen LogP contribution in [0.3, 0.4) is 0 Å². The average molecular weight is 313 g/mol. The lowest BCUT2D eigenvalue weighted by Crippen LogP contribution is -2.33. The summed E-state index contributed by atoms with van der Waals surface area (Å²) in [5.74, 6) is 0.991. The van der Waals surface area contributed by atoms with Gasteiger partial charge in [-0.15, -0.1) is 0 Å². The van der Waals surface area contributed by atoms with Gasteiger partial charge < -0.3 is 15.2 Å². The molecule has 2 atom stereocenters. The monoisotopic (exact) mass is 313 g/mol. The van der Waals surface area contributed by atoms with E-state index >= 15 is 0 Å². The molecule has 2 aromatic carbocycles. The SMILES string of the molecule is COc1ccc2cccc(CC(=O)NCC3CCCC3O)c2c1. The maximum Gasteiger partial charge on any atom is 0.224 e. The molecule has 0 bridgehead atoms. The van der Waals surface area contributed by atoms with Crippen molar-refractivity contribution in [3.63, 3.8) is 0 Å². The standard InChI is InChI=1S/C19H23NO3/c1-23-16-9-8-13-4-2-5-14(17(13)11-16)10-19(22)20-12-15-6-3-7-18(15)21/h2,4-5,8-9,11,15,18,21H,3,6-7,10,12H2,1H3,(H,20,22). The van der Waals surface area contributed by atoms with Crippen molar-refractivity contribution >= 4 is 16.7 Å². The summed E-state index contributed by atoms with van der Waals surface area (Å²) in [5, 5.41) is 14.9. The minimum atomic E-state index is -0.267. The lowest BCUT2D eigenvalue weighted by molar-refractivity contribution is -0.120. The number of aliphatic hydroxyl groups is 1. The Bertz CT molecular complexity index is 698. The molecule has 2 N–H and O–H groups in total. The Balaban J connectivity index is 1.69. The number of aliphatic hydroxyl groups excluding tert-OH is 1. The van der Waals surface area contributed by atoms with Crippen LogP contribution in [0.5, 0.6) is 5.75 Å². The molecule has 3 rings (SSSR count). The van der Waals surface area contributed by atoms with E-state index in [1.165, 1.54) is 0 Å². The van der Waals surface area contributed by atoms with E-state index in [0.717, 1.165) is 41.3 Å². The van der Waals surface area contributed by atoms with Gasteiger partial charge >= 0.3 is 0 Å². The Labute approximate surface area is 136 Å². The molecule has 2 aromatic rings. The summed E-state index contributed by atoms with van der Waals surface area (Å²) in [5.41, 5.74) is 0.992. The van der Waals surface area contributed by atoms with Gasteiger partial charge in [-0.25, -0.2) is 0 Å². The van der Waals surface area contributed by atoms with Gasteiger partial charge in [0.15, 0.2) is 0 Å². The minimum Gasteiger partial charge on any atom is -0.497 e. The number of rotatable bonds is 5. The van der Waals surface area contributed by atoms with Gasteiger partial charge in [0.1, 0.15) is 5.75 Å². The molecule has 23 heavy (non-hydrogen) atoms. The van der Waals surface area contributed by atoms with Crippen LogP contribution in [0, 0.1) is 5.92 Å². The van der Waals surface area contributed by atoms with E-state index < -0.39 is 0 Å². The first kappa shape index (κ1) is 15.8. The van der Waals surface area contributed by atoms with Gasteiger partial charge in [0.05, 0.1) is 19.6 Å². The van der Waals surface area contributed by atoms with Crippen molar-refractivity contribution in [3.8, 4) is 5.75 Å². The molecule has 1 aliphatic rings. The van der Waals surface area contributed by atoms with Crippen LogP contribution in [0.1, 0.15) is 24.8 Å². The smallest absolute Gasteiger partial charge is 0.224 e. The topological polar surface area (TPSA) is 58.6 Å². The summed E-state index contributed by atoms with van der Waals surface area (Å²) in [4.78, 5) is 12.3. The molecule has 122 valence electrons. The normalized spacial score (nSPS) is 20.6. The van der Waals surface area contributed by atoms with E-state index in [4.69, 9.17) is 4.74 Å². The highest BCUT2D eigenvalue weighted by Gasteiger charge is 2.25. The minimum absolute atomic E-state index is 0.000537. The van der Waals surface area contributed by atoms with Crippen LogP contribution >= 0.6 is 0 Å². The molecule has 0 heterocycles. The Morgan fingerprint density at radius 3 is 2.91 bits per heavy atom. The van der Waals surface area contributed by atoms with Crippen molar-refractivity contribution in [2.24, 2.45) is 5.92 Å². The number of carbonyl (C=O) groups excluding carboxylic acids is 1.